The predicted molar refractivity (Wildman–Crippen MR) is 76.1 cm³/mol. The van der Waals surface area contributed by atoms with Crippen LogP contribution in [0.3, 0.4) is 0 Å². The highest BCUT2D eigenvalue weighted by Gasteiger charge is 2.30. The number of hydrogen-bond donors (Lipinski definition) is 0. The predicted octanol–water partition coefficient (Wildman–Crippen LogP) is 3.13. The van der Waals surface area contributed by atoms with Gasteiger partial charge in [-0.2, -0.15) is 0 Å². The van der Waals surface area contributed by atoms with Crippen molar-refractivity contribution in [3.63, 3.8) is 0 Å². The lowest BCUT2D eigenvalue weighted by atomic mass is 10.2. The summed E-state index contributed by atoms with van der Waals surface area (Å²) in [5, 5.41) is 0. The molecule has 0 fully saturated rings. The molecule has 0 bridgehead atoms. The van der Waals surface area contributed by atoms with Crippen LogP contribution in [0.5, 0.6) is 0 Å². The van der Waals surface area contributed by atoms with Crippen LogP contribution in [0.25, 0.3) is 0 Å². The molecule has 1 aromatic carbocycles. The summed E-state index contributed by atoms with van der Waals surface area (Å²) >= 11 is 0. The van der Waals surface area contributed by atoms with Crippen molar-refractivity contribution < 1.29 is 9.18 Å². The number of nitrogens with zero attached hydrogens (tertiary/aromatic N) is 3. The minimum Gasteiger partial charge on any atom is -0.324 e. The minimum absolute atomic E-state index is 0.362. The normalized spacial score (nSPS) is 13.8. The Morgan fingerprint density at radius 2 is 1.80 bits per heavy atom. The van der Waals surface area contributed by atoms with Gasteiger partial charge in [-0.1, -0.05) is 12.1 Å². The number of carbonyl (C=O) groups is 1. The van der Waals surface area contributed by atoms with Gasteiger partial charge in [0.15, 0.2) is 6.80 Å². The van der Waals surface area contributed by atoms with E-state index in [-0.39, 0.29) is 5.91 Å². The fraction of sp³-hybridized carbons (Fsp3) is 0.200. The fourth-order valence-electron chi connectivity index (χ4n) is 2.51. The average Bonchev–Trinajstić information content (AvgIpc) is 2.60. The zero-order valence-corrected chi connectivity index (χ0v) is 11.1. The van der Waals surface area contributed by atoms with Crippen LogP contribution < -0.4 is 9.80 Å². The Hall–Kier alpha value is -2.43. The van der Waals surface area contributed by atoms with E-state index in [2.05, 4.69) is 4.98 Å². The van der Waals surface area contributed by atoms with Gasteiger partial charge in [0.25, 0.3) is 5.91 Å². The molecule has 102 valence electrons. The van der Waals surface area contributed by atoms with Gasteiger partial charge >= 0.3 is 0 Å². The quantitative estimate of drug-likeness (QED) is 0.787. The third kappa shape index (κ3) is 1.74. The van der Waals surface area contributed by atoms with E-state index in [0.717, 1.165) is 10.6 Å². The number of carbonyl (C=O) groups excluding carboxylic acids is 1. The Morgan fingerprint density at radius 1 is 1.10 bits per heavy atom. The first-order chi connectivity index (χ1) is 9.77. The van der Waals surface area contributed by atoms with Crippen molar-refractivity contribution in [2.75, 3.05) is 23.1 Å². The standard InChI is InChI=1S/C15H14FN3O/c1-2-18-12-7-3-4-8-13(12)19(10-16)15(20)11-6-5-9-17-14(11)18/h3-9H,2,10H2,1H3. The third-order valence-corrected chi connectivity index (χ3v) is 3.42. The highest BCUT2D eigenvalue weighted by atomic mass is 19.1. The number of anilines is 3. The summed E-state index contributed by atoms with van der Waals surface area (Å²) in [5.74, 6) is 0.211. The van der Waals surface area contributed by atoms with Gasteiger partial charge in [0.1, 0.15) is 5.82 Å². The molecule has 20 heavy (non-hydrogen) atoms. The van der Waals surface area contributed by atoms with Crippen LogP contribution in [0.4, 0.5) is 21.6 Å². The van der Waals surface area contributed by atoms with Gasteiger partial charge in [-0.3, -0.25) is 9.69 Å². The monoisotopic (exact) mass is 271 g/mol. The fourth-order valence-corrected chi connectivity index (χ4v) is 2.51. The largest absolute Gasteiger partial charge is 0.324 e. The third-order valence-electron chi connectivity index (χ3n) is 3.42. The van der Waals surface area contributed by atoms with Crippen LogP contribution in [-0.4, -0.2) is 24.2 Å². The maximum atomic E-state index is 13.4. The molecule has 4 nitrogen and oxygen atoms in total. The summed E-state index contributed by atoms with van der Waals surface area (Å²) in [4.78, 5) is 19.9. The first-order valence-electron chi connectivity index (χ1n) is 6.47. The van der Waals surface area contributed by atoms with Crippen LogP contribution >= 0.6 is 0 Å². The molecule has 1 aromatic heterocycles. The first kappa shape index (κ1) is 12.6. The number of hydrogen-bond acceptors (Lipinski definition) is 3. The number of halogens is 1. The Morgan fingerprint density at radius 3 is 2.45 bits per heavy atom. The van der Waals surface area contributed by atoms with Crippen LogP contribution in [0.1, 0.15) is 17.3 Å². The zero-order valence-electron chi connectivity index (χ0n) is 11.1. The lowest BCUT2D eigenvalue weighted by Gasteiger charge is -2.24. The molecule has 3 rings (SSSR count). The molecule has 0 atom stereocenters. The molecule has 0 radical (unpaired) electrons. The van der Waals surface area contributed by atoms with E-state index in [4.69, 9.17) is 0 Å². The van der Waals surface area contributed by atoms with Crippen molar-refractivity contribution in [3.05, 3.63) is 48.2 Å². The molecule has 2 aromatic rings. The second-order valence-electron chi connectivity index (χ2n) is 4.46. The summed E-state index contributed by atoms with van der Waals surface area (Å²) in [6, 6.07) is 10.7. The van der Waals surface area contributed by atoms with Crippen LogP contribution in [0.15, 0.2) is 42.6 Å². The summed E-state index contributed by atoms with van der Waals surface area (Å²) < 4.78 is 13.4. The molecule has 0 unspecified atom stereocenters. The zero-order chi connectivity index (χ0) is 14.1. The summed E-state index contributed by atoms with van der Waals surface area (Å²) in [6.07, 6.45) is 1.64. The van der Waals surface area contributed by atoms with Crippen molar-refractivity contribution >= 4 is 23.1 Å². The molecule has 0 saturated carbocycles. The van der Waals surface area contributed by atoms with Crippen molar-refractivity contribution in [2.24, 2.45) is 0 Å². The molecule has 1 aliphatic heterocycles. The molecule has 1 aliphatic rings. The molecule has 0 spiro atoms. The smallest absolute Gasteiger partial charge is 0.264 e. The summed E-state index contributed by atoms with van der Waals surface area (Å²) in [6.45, 7) is 1.76. The second kappa shape index (κ2) is 4.92. The maximum Gasteiger partial charge on any atom is 0.264 e. The van der Waals surface area contributed by atoms with Gasteiger partial charge in [-0.15, -0.1) is 0 Å². The van der Waals surface area contributed by atoms with Crippen molar-refractivity contribution in [2.45, 2.75) is 6.92 Å². The summed E-state index contributed by atoms with van der Waals surface area (Å²) in [5.41, 5.74) is 1.78. The lowest BCUT2D eigenvalue weighted by Crippen LogP contribution is -2.29. The maximum absolute atomic E-state index is 13.4. The van der Waals surface area contributed by atoms with Crippen LogP contribution in [0, 0.1) is 0 Å². The van der Waals surface area contributed by atoms with Crippen LogP contribution in [0.2, 0.25) is 0 Å². The first-order valence-corrected chi connectivity index (χ1v) is 6.47. The van der Waals surface area contributed by atoms with Gasteiger partial charge in [-0.05, 0) is 31.2 Å². The minimum atomic E-state index is -0.859. The molecule has 0 aliphatic carbocycles. The molecule has 0 N–H and O–H groups in total. The van der Waals surface area contributed by atoms with Gasteiger partial charge in [0, 0.05) is 12.7 Å². The SMILES string of the molecule is CCN1c2ccccc2N(CF)C(=O)c2cccnc21. The number of para-hydroxylation sites is 2. The Kier molecular flexibility index (Phi) is 3.10. The van der Waals surface area contributed by atoms with E-state index < -0.39 is 6.80 Å². The van der Waals surface area contributed by atoms with E-state index in [0.29, 0.717) is 23.6 Å². The number of fused-ring (bicyclic) bond motifs is 2. The van der Waals surface area contributed by atoms with E-state index in [9.17, 15) is 9.18 Å². The van der Waals surface area contributed by atoms with Gasteiger partial charge in [0.2, 0.25) is 0 Å². The van der Waals surface area contributed by atoms with Crippen molar-refractivity contribution in [3.8, 4) is 0 Å². The second-order valence-corrected chi connectivity index (χ2v) is 4.46. The van der Waals surface area contributed by atoms with E-state index in [1.54, 1.807) is 30.5 Å². The Balaban J connectivity index is 2.31. The molecular weight excluding hydrogens is 257 g/mol. The molecule has 0 saturated heterocycles. The average molecular weight is 271 g/mol. The number of alkyl halides is 1. The molecular formula is C15H14FN3O. The molecule has 5 heteroatoms. The molecule has 2 heterocycles. The molecule has 1 amide bonds. The highest BCUT2D eigenvalue weighted by molar-refractivity contribution is 6.13. The van der Waals surface area contributed by atoms with Gasteiger partial charge in [-0.25, -0.2) is 9.37 Å². The summed E-state index contributed by atoms with van der Waals surface area (Å²) in [7, 11) is 0. The highest BCUT2D eigenvalue weighted by Crippen LogP contribution is 2.39. The van der Waals surface area contributed by atoms with E-state index >= 15 is 0 Å². The van der Waals surface area contributed by atoms with Crippen LogP contribution in [-0.2, 0) is 0 Å². The topological polar surface area (TPSA) is 36.4 Å². The lowest BCUT2D eigenvalue weighted by molar-refractivity contribution is 0.0978. The van der Waals surface area contributed by atoms with Crippen molar-refractivity contribution in [1.82, 2.24) is 4.98 Å². The van der Waals surface area contributed by atoms with Gasteiger partial charge < -0.3 is 4.90 Å². The van der Waals surface area contributed by atoms with E-state index in [1.807, 2.05) is 24.0 Å². The number of benzene rings is 1. The van der Waals surface area contributed by atoms with E-state index in [1.165, 1.54) is 0 Å². The number of pyridine rings is 1. The number of rotatable bonds is 2. The number of amides is 1. The van der Waals surface area contributed by atoms with Gasteiger partial charge in [0.05, 0.1) is 16.9 Å². The number of aromatic nitrogens is 1. The Bertz CT molecular complexity index is 659. The Labute approximate surface area is 116 Å². The van der Waals surface area contributed by atoms with Crippen molar-refractivity contribution in [1.29, 1.82) is 0 Å².